The van der Waals surface area contributed by atoms with Gasteiger partial charge in [0.05, 0.1) is 5.69 Å². The summed E-state index contributed by atoms with van der Waals surface area (Å²) in [5, 5.41) is 12.8. The first-order valence-electron chi connectivity index (χ1n) is 8.88. The number of hydrogen-bond acceptors (Lipinski definition) is 7. The summed E-state index contributed by atoms with van der Waals surface area (Å²) in [6.45, 7) is 6.03. The topological polar surface area (TPSA) is 75.9 Å². The molecule has 3 aromatic rings. The molecule has 0 N–H and O–H groups in total. The zero-order chi connectivity index (χ0) is 17.5. The van der Waals surface area contributed by atoms with Crippen molar-refractivity contribution in [1.29, 1.82) is 0 Å². The number of aryl methyl sites for hydroxylation is 1. The van der Waals surface area contributed by atoms with Gasteiger partial charge in [0.15, 0.2) is 11.6 Å². The van der Waals surface area contributed by atoms with Gasteiger partial charge in [-0.25, -0.2) is 14.6 Å². The fraction of sp³-hybridized carbons (Fsp3) is 0.389. The molecule has 3 aromatic heterocycles. The second-order valence-corrected chi connectivity index (χ2v) is 7.05. The van der Waals surface area contributed by atoms with Crippen molar-refractivity contribution >= 4 is 11.6 Å². The molecule has 0 spiro atoms. The Bertz CT molecular complexity index is 878. The third kappa shape index (κ3) is 2.67. The monoisotopic (exact) mass is 348 g/mol. The maximum atomic E-state index is 4.48. The quantitative estimate of drug-likeness (QED) is 0.707. The highest BCUT2D eigenvalue weighted by atomic mass is 15.3. The van der Waals surface area contributed by atoms with Crippen LogP contribution < -0.4 is 9.80 Å². The summed E-state index contributed by atoms with van der Waals surface area (Å²) in [6, 6.07) is 8.00. The molecule has 2 saturated heterocycles. The van der Waals surface area contributed by atoms with E-state index in [0.29, 0.717) is 11.8 Å². The van der Waals surface area contributed by atoms with Gasteiger partial charge in [-0.3, -0.25) is 0 Å². The Labute approximate surface area is 151 Å². The molecule has 2 aliphatic heterocycles. The highest BCUT2D eigenvalue weighted by Crippen LogP contribution is 2.35. The summed E-state index contributed by atoms with van der Waals surface area (Å²) in [7, 11) is 0. The maximum Gasteiger partial charge on any atom is 0.158 e. The maximum absolute atomic E-state index is 4.48. The van der Waals surface area contributed by atoms with Gasteiger partial charge >= 0.3 is 0 Å². The molecule has 0 aliphatic carbocycles. The van der Waals surface area contributed by atoms with Crippen molar-refractivity contribution in [2.75, 3.05) is 36.0 Å². The predicted octanol–water partition coefficient (Wildman–Crippen LogP) is 1.33. The van der Waals surface area contributed by atoms with E-state index in [-0.39, 0.29) is 0 Å². The van der Waals surface area contributed by atoms with Crippen molar-refractivity contribution in [2.45, 2.75) is 6.92 Å². The zero-order valence-corrected chi connectivity index (χ0v) is 14.6. The van der Waals surface area contributed by atoms with Crippen molar-refractivity contribution in [2.24, 2.45) is 11.8 Å². The average Bonchev–Trinajstić information content (AvgIpc) is 3.39. The van der Waals surface area contributed by atoms with E-state index in [4.69, 9.17) is 0 Å². The van der Waals surface area contributed by atoms with E-state index >= 15 is 0 Å². The highest BCUT2D eigenvalue weighted by Gasteiger charge is 2.41. The minimum Gasteiger partial charge on any atom is -0.356 e. The Morgan fingerprint density at radius 1 is 0.885 bits per heavy atom. The first kappa shape index (κ1) is 15.2. The Balaban J connectivity index is 1.30. The summed E-state index contributed by atoms with van der Waals surface area (Å²) >= 11 is 0. The number of aromatic nitrogens is 6. The van der Waals surface area contributed by atoms with Crippen LogP contribution in [-0.4, -0.2) is 56.1 Å². The van der Waals surface area contributed by atoms with Crippen LogP contribution in [0.15, 0.2) is 43.0 Å². The first-order chi connectivity index (χ1) is 12.8. The van der Waals surface area contributed by atoms with Gasteiger partial charge < -0.3 is 9.80 Å². The number of fused-ring (bicyclic) bond motifs is 1. The summed E-state index contributed by atoms with van der Waals surface area (Å²) < 4.78 is 1.76. The molecule has 5 rings (SSSR count). The second kappa shape index (κ2) is 6.05. The van der Waals surface area contributed by atoms with Crippen molar-refractivity contribution in [3.63, 3.8) is 0 Å². The molecular weight excluding hydrogens is 328 g/mol. The highest BCUT2D eigenvalue weighted by molar-refractivity contribution is 5.47. The van der Waals surface area contributed by atoms with E-state index in [2.05, 4.69) is 41.1 Å². The van der Waals surface area contributed by atoms with E-state index in [1.54, 1.807) is 17.2 Å². The molecule has 26 heavy (non-hydrogen) atoms. The minimum atomic E-state index is 0.626. The predicted molar refractivity (Wildman–Crippen MR) is 97.3 cm³/mol. The Morgan fingerprint density at radius 3 is 2.27 bits per heavy atom. The van der Waals surface area contributed by atoms with Crippen LogP contribution in [0.1, 0.15) is 5.69 Å². The molecule has 2 aliphatic rings. The third-order valence-electron chi connectivity index (χ3n) is 5.30. The largest absolute Gasteiger partial charge is 0.356 e. The van der Waals surface area contributed by atoms with Gasteiger partial charge in [-0.2, -0.15) is 10.2 Å². The van der Waals surface area contributed by atoms with Gasteiger partial charge in [0.25, 0.3) is 0 Å². The molecule has 0 bridgehead atoms. The SMILES string of the molecule is Cc1ccc(N2CC3CN(c4cc(-n5cccn5)ncn4)CC3C2)nn1. The van der Waals surface area contributed by atoms with Gasteiger partial charge in [-0.1, -0.05) is 0 Å². The summed E-state index contributed by atoms with van der Waals surface area (Å²) in [4.78, 5) is 13.5. The molecule has 2 fully saturated rings. The van der Waals surface area contributed by atoms with Crippen LogP contribution in [-0.2, 0) is 0 Å². The summed E-state index contributed by atoms with van der Waals surface area (Å²) in [6.07, 6.45) is 5.27. The van der Waals surface area contributed by atoms with Crippen LogP contribution in [0.4, 0.5) is 11.6 Å². The van der Waals surface area contributed by atoms with E-state index in [0.717, 1.165) is 49.3 Å². The van der Waals surface area contributed by atoms with Crippen molar-refractivity contribution in [3.8, 4) is 5.82 Å². The molecule has 8 nitrogen and oxygen atoms in total. The van der Waals surface area contributed by atoms with Gasteiger partial charge in [0, 0.05) is 56.5 Å². The lowest BCUT2D eigenvalue weighted by Crippen LogP contribution is -2.29. The van der Waals surface area contributed by atoms with Crippen LogP contribution >= 0.6 is 0 Å². The zero-order valence-electron chi connectivity index (χ0n) is 14.6. The van der Waals surface area contributed by atoms with E-state index in [1.807, 2.05) is 31.3 Å². The normalized spacial score (nSPS) is 22.0. The molecule has 8 heteroatoms. The second-order valence-electron chi connectivity index (χ2n) is 7.05. The Hall–Kier alpha value is -3.03. The third-order valence-corrected chi connectivity index (χ3v) is 5.30. The van der Waals surface area contributed by atoms with Crippen LogP contribution in [0.3, 0.4) is 0 Å². The average molecular weight is 348 g/mol. The van der Waals surface area contributed by atoms with Crippen molar-refractivity contribution in [1.82, 2.24) is 29.9 Å². The number of hydrogen-bond donors (Lipinski definition) is 0. The van der Waals surface area contributed by atoms with Gasteiger partial charge in [-0.05, 0) is 25.1 Å². The van der Waals surface area contributed by atoms with Gasteiger partial charge in [-0.15, -0.1) is 5.10 Å². The number of nitrogens with zero attached hydrogens (tertiary/aromatic N) is 8. The Morgan fingerprint density at radius 2 is 1.62 bits per heavy atom. The first-order valence-corrected chi connectivity index (χ1v) is 8.88. The summed E-state index contributed by atoms with van der Waals surface area (Å²) in [5.74, 6) is 4.01. The lowest BCUT2D eigenvalue weighted by Gasteiger charge is -2.23. The molecular formula is C18H20N8. The van der Waals surface area contributed by atoms with Crippen LogP contribution in [0, 0.1) is 18.8 Å². The van der Waals surface area contributed by atoms with Crippen molar-refractivity contribution in [3.05, 3.63) is 48.7 Å². The van der Waals surface area contributed by atoms with Crippen molar-refractivity contribution < 1.29 is 0 Å². The summed E-state index contributed by atoms with van der Waals surface area (Å²) in [5.41, 5.74) is 0.955. The minimum absolute atomic E-state index is 0.626. The van der Waals surface area contributed by atoms with Crippen LogP contribution in [0.5, 0.6) is 0 Å². The van der Waals surface area contributed by atoms with Gasteiger partial charge in [0.2, 0.25) is 0 Å². The lowest BCUT2D eigenvalue weighted by atomic mass is 10.0. The van der Waals surface area contributed by atoms with E-state index in [9.17, 15) is 0 Å². The van der Waals surface area contributed by atoms with E-state index in [1.165, 1.54) is 0 Å². The molecule has 0 saturated carbocycles. The number of anilines is 2. The Kier molecular flexibility index (Phi) is 3.55. The molecule has 5 heterocycles. The van der Waals surface area contributed by atoms with Gasteiger partial charge in [0.1, 0.15) is 12.1 Å². The van der Waals surface area contributed by atoms with E-state index < -0.39 is 0 Å². The fourth-order valence-electron chi connectivity index (χ4n) is 3.97. The van der Waals surface area contributed by atoms with Crippen LogP contribution in [0.2, 0.25) is 0 Å². The number of rotatable bonds is 3. The molecule has 2 unspecified atom stereocenters. The standard InChI is InChI=1S/C18H20N8/c1-13-3-4-16(23-22-13)24-8-14-10-25(11-15(14)9-24)17-7-18(20-12-19-17)26-6-2-5-21-26/h2-7,12,14-15H,8-11H2,1H3. The molecule has 0 amide bonds. The fourth-order valence-corrected chi connectivity index (χ4v) is 3.97. The lowest BCUT2D eigenvalue weighted by molar-refractivity contribution is 0.533. The molecule has 0 radical (unpaired) electrons. The molecule has 132 valence electrons. The molecule has 0 aromatic carbocycles. The van der Waals surface area contributed by atoms with Crippen LogP contribution in [0.25, 0.3) is 5.82 Å². The molecule has 2 atom stereocenters. The smallest absolute Gasteiger partial charge is 0.158 e.